The molecule has 1 aromatic rings. The van der Waals surface area contributed by atoms with Crippen molar-refractivity contribution in [3.05, 3.63) is 36.2 Å². The van der Waals surface area contributed by atoms with Gasteiger partial charge in [0.1, 0.15) is 5.82 Å². The molecule has 0 bridgehead atoms. The van der Waals surface area contributed by atoms with Crippen molar-refractivity contribution in [2.45, 2.75) is 20.3 Å². The molecule has 0 spiro atoms. The summed E-state index contributed by atoms with van der Waals surface area (Å²) in [6.45, 7) is 3.94. The number of urea groups is 1. The van der Waals surface area contributed by atoms with Crippen molar-refractivity contribution < 1.29 is 4.79 Å². The third kappa shape index (κ3) is 4.26. The molecule has 0 saturated heterocycles. The van der Waals surface area contributed by atoms with Gasteiger partial charge in [0.2, 0.25) is 0 Å². The van der Waals surface area contributed by atoms with Crippen molar-refractivity contribution in [3.63, 3.8) is 0 Å². The number of hydrogen-bond donors (Lipinski definition) is 2. The number of nitrogens with one attached hydrogen (secondary N) is 2. The van der Waals surface area contributed by atoms with Gasteiger partial charge in [-0.05, 0) is 25.0 Å². The maximum atomic E-state index is 11.3. The summed E-state index contributed by atoms with van der Waals surface area (Å²) >= 11 is 0. The topological polar surface area (TPSA) is 54.0 Å². The van der Waals surface area contributed by atoms with Crippen molar-refractivity contribution in [1.29, 1.82) is 0 Å². The van der Waals surface area contributed by atoms with E-state index in [1.165, 1.54) is 0 Å². The maximum absolute atomic E-state index is 11.3. The lowest BCUT2D eigenvalue weighted by molar-refractivity contribution is 0.255. The molecule has 80 valence electrons. The van der Waals surface area contributed by atoms with E-state index in [-0.39, 0.29) is 6.03 Å². The summed E-state index contributed by atoms with van der Waals surface area (Å²) in [5, 5.41) is 5.19. The smallest absolute Gasteiger partial charge is 0.315 e. The molecule has 0 saturated carbocycles. The second kappa shape index (κ2) is 5.80. The van der Waals surface area contributed by atoms with Crippen LogP contribution in [-0.2, 0) is 0 Å². The summed E-state index contributed by atoms with van der Waals surface area (Å²) in [4.78, 5) is 15.3. The summed E-state index contributed by atoms with van der Waals surface area (Å²) < 4.78 is 0. The van der Waals surface area contributed by atoms with Crippen LogP contribution in [-0.4, -0.2) is 11.0 Å². The summed E-state index contributed by atoms with van der Waals surface area (Å²) in [6, 6.07) is 3.37. The largest absolute Gasteiger partial charge is 0.324 e. The van der Waals surface area contributed by atoms with Crippen LogP contribution in [0.1, 0.15) is 18.9 Å². The summed E-state index contributed by atoms with van der Waals surface area (Å²) in [6.07, 6.45) is 6.08. The second-order valence-electron chi connectivity index (χ2n) is 3.13. The van der Waals surface area contributed by atoms with E-state index in [4.69, 9.17) is 0 Å². The second-order valence-corrected chi connectivity index (χ2v) is 3.13. The van der Waals surface area contributed by atoms with Gasteiger partial charge in [-0.2, -0.15) is 0 Å². The van der Waals surface area contributed by atoms with E-state index in [9.17, 15) is 4.79 Å². The number of carbonyl (C=O) groups excluding carboxylic acids is 1. The van der Waals surface area contributed by atoms with Crippen LogP contribution in [0.25, 0.3) is 0 Å². The highest BCUT2D eigenvalue weighted by Gasteiger charge is 1.98. The van der Waals surface area contributed by atoms with Gasteiger partial charge in [0.05, 0.1) is 0 Å². The average Bonchev–Trinajstić information content (AvgIpc) is 2.22. The van der Waals surface area contributed by atoms with Gasteiger partial charge in [0, 0.05) is 12.4 Å². The minimum atomic E-state index is -0.281. The molecule has 0 radical (unpaired) electrons. The van der Waals surface area contributed by atoms with Crippen LogP contribution in [0.3, 0.4) is 0 Å². The van der Waals surface area contributed by atoms with E-state index in [0.29, 0.717) is 5.82 Å². The molecule has 1 heterocycles. The summed E-state index contributed by atoms with van der Waals surface area (Å²) in [5.41, 5.74) is 1.06. The van der Waals surface area contributed by atoms with Gasteiger partial charge in [-0.1, -0.05) is 19.1 Å². The SMILES string of the molecule is CC/C=C/NC(=O)Nc1ccc(C)cn1. The van der Waals surface area contributed by atoms with Gasteiger partial charge in [-0.25, -0.2) is 9.78 Å². The highest BCUT2D eigenvalue weighted by Crippen LogP contribution is 2.02. The number of hydrogen-bond acceptors (Lipinski definition) is 2. The molecule has 0 aliphatic rings. The minimum absolute atomic E-state index is 0.281. The fraction of sp³-hybridized carbons (Fsp3) is 0.273. The van der Waals surface area contributed by atoms with E-state index >= 15 is 0 Å². The number of aromatic nitrogens is 1. The molecule has 0 unspecified atom stereocenters. The van der Waals surface area contributed by atoms with Gasteiger partial charge in [-0.3, -0.25) is 5.32 Å². The van der Waals surface area contributed by atoms with Gasteiger partial charge >= 0.3 is 6.03 Å². The van der Waals surface area contributed by atoms with Gasteiger partial charge in [0.25, 0.3) is 0 Å². The zero-order valence-electron chi connectivity index (χ0n) is 8.95. The highest BCUT2D eigenvalue weighted by atomic mass is 16.2. The number of amides is 2. The van der Waals surface area contributed by atoms with Crippen LogP contribution in [0, 0.1) is 6.92 Å². The third-order valence-corrected chi connectivity index (χ3v) is 1.72. The van der Waals surface area contributed by atoms with E-state index in [2.05, 4.69) is 15.6 Å². The van der Waals surface area contributed by atoms with Crippen molar-refractivity contribution in [2.24, 2.45) is 0 Å². The number of anilines is 1. The van der Waals surface area contributed by atoms with Gasteiger partial charge in [-0.15, -0.1) is 0 Å². The first kappa shape index (κ1) is 11.2. The average molecular weight is 205 g/mol. The van der Waals surface area contributed by atoms with Crippen molar-refractivity contribution in [3.8, 4) is 0 Å². The van der Waals surface area contributed by atoms with E-state index in [1.54, 1.807) is 18.5 Å². The van der Waals surface area contributed by atoms with Crippen LogP contribution in [0.2, 0.25) is 0 Å². The molecule has 2 N–H and O–H groups in total. The van der Waals surface area contributed by atoms with Crippen molar-refractivity contribution in [2.75, 3.05) is 5.32 Å². The lowest BCUT2D eigenvalue weighted by Gasteiger charge is -2.03. The first-order valence-electron chi connectivity index (χ1n) is 4.87. The predicted octanol–water partition coefficient (Wildman–Crippen LogP) is 2.44. The fourth-order valence-corrected chi connectivity index (χ4v) is 0.947. The molecule has 0 aromatic carbocycles. The molecule has 0 atom stereocenters. The first-order chi connectivity index (χ1) is 7.22. The molecular weight excluding hydrogens is 190 g/mol. The number of carbonyl (C=O) groups is 1. The van der Waals surface area contributed by atoms with E-state index < -0.39 is 0 Å². The zero-order chi connectivity index (χ0) is 11.1. The molecule has 0 aliphatic carbocycles. The normalized spacial score (nSPS) is 10.3. The molecule has 1 aromatic heterocycles. The first-order valence-corrected chi connectivity index (χ1v) is 4.87. The molecular formula is C11H15N3O. The third-order valence-electron chi connectivity index (χ3n) is 1.72. The molecule has 15 heavy (non-hydrogen) atoms. The number of nitrogens with zero attached hydrogens (tertiary/aromatic N) is 1. The van der Waals surface area contributed by atoms with Crippen LogP contribution in [0.15, 0.2) is 30.6 Å². The van der Waals surface area contributed by atoms with Crippen LogP contribution < -0.4 is 10.6 Å². The number of rotatable bonds is 3. The molecule has 2 amide bonds. The van der Waals surface area contributed by atoms with Crippen molar-refractivity contribution in [1.82, 2.24) is 10.3 Å². The number of pyridine rings is 1. The Balaban J connectivity index is 2.44. The monoisotopic (exact) mass is 205 g/mol. The molecule has 0 aliphatic heterocycles. The van der Waals surface area contributed by atoms with Crippen LogP contribution in [0.5, 0.6) is 0 Å². The number of aryl methyl sites for hydroxylation is 1. The van der Waals surface area contributed by atoms with E-state index in [1.807, 2.05) is 26.0 Å². The quantitative estimate of drug-likeness (QED) is 0.796. The number of allylic oxidation sites excluding steroid dienone is 1. The molecule has 4 heteroatoms. The van der Waals surface area contributed by atoms with Gasteiger partial charge < -0.3 is 5.32 Å². The summed E-state index contributed by atoms with van der Waals surface area (Å²) in [7, 11) is 0. The van der Waals surface area contributed by atoms with Crippen molar-refractivity contribution >= 4 is 11.8 Å². The Labute approximate surface area is 89.4 Å². The Morgan fingerprint density at radius 3 is 2.93 bits per heavy atom. The maximum Gasteiger partial charge on any atom is 0.324 e. The Morgan fingerprint density at radius 1 is 1.53 bits per heavy atom. The predicted molar refractivity (Wildman–Crippen MR) is 60.6 cm³/mol. The standard InChI is InChI=1S/C11H15N3O/c1-3-4-7-12-11(15)14-10-6-5-9(2)8-13-10/h4-8H,3H2,1-2H3,(H2,12,13,14,15)/b7-4+. The lowest BCUT2D eigenvalue weighted by atomic mass is 10.3. The lowest BCUT2D eigenvalue weighted by Crippen LogP contribution is -2.24. The summed E-state index contributed by atoms with van der Waals surface area (Å²) in [5.74, 6) is 0.544. The van der Waals surface area contributed by atoms with Crippen LogP contribution in [0.4, 0.5) is 10.6 Å². The van der Waals surface area contributed by atoms with Crippen LogP contribution >= 0.6 is 0 Å². The highest BCUT2D eigenvalue weighted by molar-refractivity contribution is 5.88. The van der Waals surface area contributed by atoms with Gasteiger partial charge in [0.15, 0.2) is 0 Å². The Morgan fingerprint density at radius 2 is 2.33 bits per heavy atom. The Bertz CT molecular complexity index is 343. The Kier molecular flexibility index (Phi) is 4.34. The Hall–Kier alpha value is -1.84. The minimum Gasteiger partial charge on any atom is -0.315 e. The molecule has 0 fully saturated rings. The fourth-order valence-electron chi connectivity index (χ4n) is 0.947. The molecule has 4 nitrogen and oxygen atoms in total. The molecule has 1 rings (SSSR count). The zero-order valence-corrected chi connectivity index (χ0v) is 8.95. The van der Waals surface area contributed by atoms with E-state index in [0.717, 1.165) is 12.0 Å².